The molecule has 2 aromatic rings. The number of rotatable bonds is 5. The summed E-state index contributed by atoms with van der Waals surface area (Å²) in [7, 11) is -4.13. The summed E-state index contributed by atoms with van der Waals surface area (Å²) in [4.78, 5) is 0. The van der Waals surface area contributed by atoms with Crippen LogP contribution in [0.15, 0.2) is 60.7 Å². The van der Waals surface area contributed by atoms with Crippen LogP contribution in [0.2, 0.25) is 0 Å². The second-order valence-electron chi connectivity index (χ2n) is 4.79. The van der Waals surface area contributed by atoms with Gasteiger partial charge in [0.15, 0.2) is 0 Å². The van der Waals surface area contributed by atoms with E-state index >= 15 is 0 Å². The Hall–Kier alpha value is -2.16. The summed E-state index contributed by atoms with van der Waals surface area (Å²) in [5, 5.41) is 9.75. The van der Waals surface area contributed by atoms with Gasteiger partial charge in [0.05, 0.1) is 11.8 Å². The average molecular weight is 301 g/mol. The van der Waals surface area contributed by atoms with Crippen molar-refractivity contribution in [2.45, 2.75) is 11.8 Å². The molecule has 1 N–H and O–H groups in total. The van der Waals surface area contributed by atoms with Crippen LogP contribution < -0.4 is 0 Å². The van der Waals surface area contributed by atoms with Gasteiger partial charge in [-0.15, -0.1) is 0 Å². The van der Waals surface area contributed by atoms with Gasteiger partial charge in [0.2, 0.25) is 0 Å². The van der Waals surface area contributed by atoms with Crippen LogP contribution in [-0.4, -0.2) is 18.7 Å². The molecule has 2 aromatic carbocycles. The zero-order valence-corrected chi connectivity index (χ0v) is 12.1. The van der Waals surface area contributed by atoms with Gasteiger partial charge in [0.25, 0.3) is 10.1 Å². The van der Waals surface area contributed by atoms with Crippen LogP contribution in [0.5, 0.6) is 0 Å². The van der Waals surface area contributed by atoms with E-state index in [2.05, 4.69) is 6.07 Å². The Kier molecular flexibility index (Phi) is 4.41. The molecule has 0 radical (unpaired) electrons. The summed E-state index contributed by atoms with van der Waals surface area (Å²) < 4.78 is 31.2. The standard InChI is InChI=1S/C16H15NO3S/c17-13-16(11-12-21(18,19)20,14-7-3-1-4-8-14)15-9-5-2-6-10-15/h1-10H,11-12H2,(H,18,19,20). The zero-order valence-electron chi connectivity index (χ0n) is 11.3. The minimum absolute atomic E-state index is 0.00361. The Bertz CT molecular complexity index is 695. The maximum absolute atomic E-state index is 11.1. The van der Waals surface area contributed by atoms with Crippen LogP contribution >= 0.6 is 0 Å². The van der Waals surface area contributed by atoms with E-state index < -0.39 is 21.3 Å². The molecule has 0 aliphatic rings. The smallest absolute Gasteiger partial charge is 0.264 e. The minimum atomic E-state index is -4.13. The van der Waals surface area contributed by atoms with Crippen LogP contribution in [0.3, 0.4) is 0 Å². The highest BCUT2D eigenvalue weighted by molar-refractivity contribution is 7.85. The summed E-state index contributed by atoms with van der Waals surface area (Å²) in [5.41, 5.74) is 0.322. The van der Waals surface area contributed by atoms with Gasteiger partial charge in [-0.1, -0.05) is 60.7 Å². The van der Waals surface area contributed by atoms with E-state index in [4.69, 9.17) is 4.55 Å². The van der Waals surface area contributed by atoms with Crippen molar-refractivity contribution in [3.63, 3.8) is 0 Å². The molecule has 2 rings (SSSR count). The first-order valence-corrected chi connectivity index (χ1v) is 8.06. The molecular weight excluding hydrogens is 286 g/mol. The Balaban J connectivity index is 2.55. The monoisotopic (exact) mass is 301 g/mol. The van der Waals surface area contributed by atoms with E-state index in [9.17, 15) is 13.7 Å². The maximum atomic E-state index is 11.1. The lowest BCUT2D eigenvalue weighted by atomic mass is 9.74. The average Bonchev–Trinajstić information content (AvgIpc) is 2.49. The van der Waals surface area contributed by atoms with E-state index in [0.29, 0.717) is 11.1 Å². The predicted molar refractivity (Wildman–Crippen MR) is 80.3 cm³/mol. The molecule has 21 heavy (non-hydrogen) atoms. The minimum Gasteiger partial charge on any atom is -0.286 e. The van der Waals surface area contributed by atoms with Crippen molar-refractivity contribution in [2.24, 2.45) is 0 Å². The van der Waals surface area contributed by atoms with Crippen molar-refractivity contribution in [1.29, 1.82) is 5.26 Å². The topological polar surface area (TPSA) is 78.2 Å². The van der Waals surface area contributed by atoms with Crippen molar-refractivity contribution in [3.05, 3.63) is 71.8 Å². The summed E-state index contributed by atoms with van der Waals surface area (Å²) >= 11 is 0. The van der Waals surface area contributed by atoms with Gasteiger partial charge in [0.1, 0.15) is 5.41 Å². The Morgan fingerprint density at radius 3 is 1.71 bits per heavy atom. The van der Waals surface area contributed by atoms with Gasteiger partial charge in [-0.2, -0.15) is 13.7 Å². The molecule has 0 saturated carbocycles. The van der Waals surface area contributed by atoms with Crippen molar-refractivity contribution in [2.75, 3.05) is 5.75 Å². The second kappa shape index (κ2) is 6.08. The number of hydrogen-bond acceptors (Lipinski definition) is 3. The third-order valence-electron chi connectivity index (χ3n) is 3.46. The molecule has 0 amide bonds. The lowest BCUT2D eigenvalue weighted by molar-refractivity contribution is 0.475. The van der Waals surface area contributed by atoms with Gasteiger partial charge >= 0.3 is 0 Å². The molecule has 108 valence electrons. The molecule has 0 unspecified atom stereocenters. The predicted octanol–water partition coefficient (Wildman–Crippen LogP) is 2.77. The van der Waals surface area contributed by atoms with E-state index in [1.165, 1.54) is 0 Å². The number of nitrogens with zero attached hydrogens (tertiary/aromatic N) is 1. The largest absolute Gasteiger partial charge is 0.286 e. The molecule has 0 aliphatic carbocycles. The molecule has 4 nitrogen and oxygen atoms in total. The fraction of sp³-hybridized carbons (Fsp3) is 0.188. The van der Waals surface area contributed by atoms with Crippen LogP contribution in [-0.2, 0) is 15.5 Å². The molecule has 5 heteroatoms. The molecule has 0 aromatic heterocycles. The van der Waals surface area contributed by atoms with E-state index in [0.717, 1.165) is 0 Å². The van der Waals surface area contributed by atoms with Gasteiger partial charge in [-0.25, -0.2) is 0 Å². The zero-order chi connectivity index (χ0) is 15.3. The second-order valence-corrected chi connectivity index (χ2v) is 6.36. The first-order valence-electron chi connectivity index (χ1n) is 6.45. The van der Waals surface area contributed by atoms with Crippen LogP contribution in [0.25, 0.3) is 0 Å². The van der Waals surface area contributed by atoms with Crippen molar-refractivity contribution in [3.8, 4) is 6.07 Å². The molecule has 0 heterocycles. The molecule has 0 fully saturated rings. The molecular formula is C16H15NO3S. The highest BCUT2D eigenvalue weighted by Gasteiger charge is 2.35. The SMILES string of the molecule is N#CC(CCS(=O)(=O)O)(c1ccccc1)c1ccccc1. The molecule has 0 atom stereocenters. The van der Waals surface area contributed by atoms with E-state index in [1.54, 1.807) is 48.5 Å². The lowest BCUT2D eigenvalue weighted by Gasteiger charge is -2.27. The van der Waals surface area contributed by atoms with Gasteiger partial charge in [0, 0.05) is 0 Å². The van der Waals surface area contributed by atoms with E-state index in [-0.39, 0.29) is 6.42 Å². The van der Waals surface area contributed by atoms with Crippen molar-refractivity contribution >= 4 is 10.1 Å². The lowest BCUT2D eigenvalue weighted by Crippen LogP contribution is -2.28. The molecule has 0 saturated heterocycles. The number of nitriles is 1. The number of benzene rings is 2. The van der Waals surface area contributed by atoms with Crippen molar-refractivity contribution in [1.82, 2.24) is 0 Å². The first-order chi connectivity index (χ1) is 9.98. The summed E-state index contributed by atoms with van der Waals surface area (Å²) in [5.74, 6) is -0.468. The van der Waals surface area contributed by atoms with Gasteiger partial charge in [-0.05, 0) is 17.5 Å². The maximum Gasteiger partial charge on any atom is 0.264 e. The van der Waals surface area contributed by atoms with Gasteiger partial charge in [-0.3, -0.25) is 4.55 Å². The Labute approximate surface area is 124 Å². The van der Waals surface area contributed by atoms with E-state index in [1.807, 2.05) is 12.1 Å². The van der Waals surface area contributed by atoms with Crippen LogP contribution in [0.1, 0.15) is 17.5 Å². The third kappa shape index (κ3) is 3.48. The Morgan fingerprint density at radius 2 is 1.38 bits per heavy atom. The first kappa shape index (κ1) is 15.2. The normalized spacial score (nSPS) is 11.8. The van der Waals surface area contributed by atoms with Gasteiger partial charge < -0.3 is 0 Å². The molecule has 0 bridgehead atoms. The Morgan fingerprint density at radius 1 is 0.952 bits per heavy atom. The fourth-order valence-corrected chi connectivity index (χ4v) is 2.93. The highest BCUT2D eigenvalue weighted by Crippen LogP contribution is 2.35. The summed E-state index contributed by atoms with van der Waals surface area (Å²) in [6.07, 6.45) is -0.00361. The van der Waals surface area contributed by atoms with Crippen LogP contribution in [0, 0.1) is 11.3 Å². The summed E-state index contributed by atoms with van der Waals surface area (Å²) in [6, 6.07) is 20.3. The summed E-state index contributed by atoms with van der Waals surface area (Å²) in [6.45, 7) is 0. The van der Waals surface area contributed by atoms with Crippen LogP contribution in [0.4, 0.5) is 0 Å². The number of hydrogen-bond donors (Lipinski definition) is 1. The molecule has 0 aliphatic heterocycles. The quantitative estimate of drug-likeness (QED) is 0.861. The highest BCUT2D eigenvalue weighted by atomic mass is 32.2. The third-order valence-corrected chi connectivity index (χ3v) is 4.18. The molecule has 0 spiro atoms. The van der Waals surface area contributed by atoms with Crippen molar-refractivity contribution < 1.29 is 13.0 Å². The fourth-order valence-electron chi connectivity index (χ4n) is 2.37.